The molecule has 0 heterocycles. The van der Waals surface area contributed by atoms with Crippen LogP contribution in [0, 0.1) is 0 Å². The molecule has 0 aromatic rings. The van der Waals surface area contributed by atoms with Gasteiger partial charge in [-0.1, -0.05) is 21.6 Å². The van der Waals surface area contributed by atoms with Crippen molar-refractivity contribution in [1.82, 2.24) is 0 Å². The van der Waals surface area contributed by atoms with Gasteiger partial charge in [0.15, 0.2) is 0 Å². The molecule has 0 aliphatic carbocycles. The Kier molecular flexibility index (Phi) is 5.86. The number of rotatable bonds is 5. The minimum atomic E-state index is -1.10. The zero-order valence-corrected chi connectivity index (χ0v) is 7.83. The maximum absolute atomic E-state index is 5.31. The third-order valence-electron chi connectivity index (χ3n) is 0.653. The first-order valence-electron chi connectivity index (χ1n) is 3.04. The Labute approximate surface area is 79.6 Å². The van der Waals surface area contributed by atoms with Gasteiger partial charge in [0.05, 0.1) is 23.5 Å². The first kappa shape index (κ1) is 11.8. The lowest BCUT2D eigenvalue weighted by Crippen LogP contribution is -2.43. The largest absolute Gasteiger partial charge is 0.341 e. The molecule has 0 aromatic carbocycles. The van der Waals surface area contributed by atoms with Gasteiger partial charge in [0, 0.05) is 11.5 Å². The number of nitrogens with two attached hydrogens (primary N) is 2. The minimum absolute atomic E-state index is 0.296. The third-order valence-corrected chi connectivity index (χ3v) is 3.22. The van der Waals surface area contributed by atoms with Crippen LogP contribution >= 0.6 is 21.6 Å². The molecule has 0 aliphatic heterocycles. The van der Waals surface area contributed by atoms with Crippen molar-refractivity contribution in [2.45, 2.75) is 11.3 Å². The van der Waals surface area contributed by atoms with Crippen LogP contribution in [0.15, 0.2) is 0 Å². The molecule has 1 unspecified atom stereocenters. The molecule has 4 N–H and O–H groups in total. The second kappa shape index (κ2) is 5.46. The lowest BCUT2D eigenvalue weighted by molar-refractivity contribution is 0.949. The fourth-order valence-corrected chi connectivity index (χ4v) is 2.43. The fraction of sp³-hybridized carbons (Fsp3) is 1.00. The van der Waals surface area contributed by atoms with Crippen molar-refractivity contribution in [1.29, 1.82) is 0 Å². The molecular weight excluding hydrogens is 173 g/mol. The van der Waals surface area contributed by atoms with E-state index in [9.17, 15) is 0 Å². The summed E-state index contributed by atoms with van der Waals surface area (Å²) in [7, 11) is 18.9. The third kappa shape index (κ3) is 10.8. The summed E-state index contributed by atoms with van der Waals surface area (Å²) in [5.74, 6) is 0.848. The van der Waals surface area contributed by atoms with Crippen LogP contribution in [0.1, 0.15) is 0 Å². The molecule has 0 saturated carbocycles. The van der Waals surface area contributed by atoms with E-state index in [1.54, 1.807) is 0 Å². The van der Waals surface area contributed by atoms with Crippen molar-refractivity contribution in [3.63, 3.8) is 0 Å². The Morgan fingerprint density at radius 1 is 1.36 bits per heavy atom. The molecule has 7 heteroatoms. The molecule has 0 fully saturated rings. The zero-order valence-electron chi connectivity index (χ0n) is 6.19. The van der Waals surface area contributed by atoms with Crippen molar-refractivity contribution in [2.24, 2.45) is 11.5 Å². The Balaban J connectivity index is 3.15. The standard InChI is InChI=1S/C4H9B3N2S2/c5-3(8)1-10-11-2-4(6,7)9/h3H,1-2,8-9H2. The van der Waals surface area contributed by atoms with E-state index < -0.39 is 5.34 Å². The van der Waals surface area contributed by atoms with Gasteiger partial charge in [-0.3, -0.25) is 0 Å². The summed E-state index contributed by atoms with van der Waals surface area (Å²) in [5, 5.41) is -1.10. The van der Waals surface area contributed by atoms with Crippen molar-refractivity contribution in [3.05, 3.63) is 0 Å². The molecule has 6 radical (unpaired) electrons. The summed E-state index contributed by atoms with van der Waals surface area (Å²) in [4.78, 5) is 0. The molecule has 1 atom stereocenters. The summed E-state index contributed by atoms with van der Waals surface area (Å²) in [6.45, 7) is 0. The molecule has 56 valence electrons. The second-order valence-corrected chi connectivity index (χ2v) is 4.83. The van der Waals surface area contributed by atoms with Crippen molar-refractivity contribution >= 4 is 45.1 Å². The van der Waals surface area contributed by atoms with Gasteiger partial charge in [-0.25, -0.2) is 0 Å². The molecule has 0 aliphatic rings. The highest BCUT2D eigenvalue weighted by molar-refractivity contribution is 8.76. The highest BCUT2D eigenvalue weighted by atomic mass is 33.1. The molecule has 0 rings (SSSR count). The van der Waals surface area contributed by atoms with Crippen LogP contribution in [0.4, 0.5) is 0 Å². The molecule has 0 spiro atoms. The van der Waals surface area contributed by atoms with Gasteiger partial charge in [-0.2, -0.15) is 0 Å². The van der Waals surface area contributed by atoms with E-state index in [4.69, 9.17) is 35.0 Å². The van der Waals surface area contributed by atoms with Crippen LogP contribution in [-0.2, 0) is 0 Å². The molecule has 11 heavy (non-hydrogen) atoms. The summed E-state index contributed by atoms with van der Waals surface area (Å²) in [6.07, 6.45) is 0. The predicted octanol–water partition coefficient (Wildman–Crippen LogP) is -1.23. The van der Waals surface area contributed by atoms with Crippen molar-refractivity contribution in [2.75, 3.05) is 11.5 Å². The molecule has 0 saturated heterocycles. The Morgan fingerprint density at radius 2 is 1.91 bits per heavy atom. The van der Waals surface area contributed by atoms with Crippen molar-refractivity contribution in [3.8, 4) is 0 Å². The van der Waals surface area contributed by atoms with Gasteiger partial charge in [0.2, 0.25) is 0 Å². The maximum atomic E-state index is 5.31. The lowest BCUT2D eigenvalue weighted by Gasteiger charge is -2.18. The van der Waals surface area contributed by atoms with E-state index in [1.165, 1.54) is 21.6 Å². The van der Waals surface area contributed by atoms with Gasteiger partial charge < -0.3 is 11.5 Å². The molecule has 0 bridgehead atoms. The van der Waals surface area contributed by atoms with Crippen molar-refractivity contribution < 1.29 is 0 Å². The Morgan fingerprint density at radius 3 is 2.27 bits per heavy atom. The lowest BCUT2D eigenvalue weighted by atomic mass is 9.64. The van der Waals surface area contributed by atoms with Crippen LogP contribution in [0.3, 0.4) is 0 Å². The zero-order chi connectivity index (χ0) is 8.91. The minimum Gasteiger partial charge on any atom is -0.341 e. The van der Waals surface area contributed by atoms with Gasteiger partial charge in [-0.05, 0) is 11.3 Å². The first-order valence-corrected chi connectivity index (χ1v) is 5.53. The van der Waals surface area contributed by atoms with Crippen LogP contribution in [0.2, 0.25) is 0 Å². The van der Waals surface area contributed by atoms with Crippen LogP contribution in [0.25, 0.3) is 0 Å². The normalized spacial score (nSPS) is 14.7. The average Bonchev–Trinajstić information content (AvgIpc) is 1.78. The number of hydrogen-bond acceptors (Lipinski definition) is 4. The van der Waals surface area contributed by atoms with E-state index in [-0.39, 0.29) is 5.94 Å². The summed E-state index contributed by atoms with van der Waals surface area (Å²) < 4.78 is 0. The van der Waals surface area contributed by atoms with Crippen LogP contribution in [-0.4, -0.2) is 46.3 Å². The van der Waals surface area contributed by atoms with E-state index in [1.807, 2.05) is 0 Å². The molecule has 0 amide bonds. The van der Waals surface area contributed by atoms with E-state index >= 15 is 0 Å². The highest BCUT2D eigenvalue weighted by Crippen LogP contribution is 2.22. The van der Waals surface area contributed by atoms with E-state index in [2.05, 4.69) is 0 Å². The second-order valence-electron chi connectivity index (χ2n) is 2.32. The topological polar surface area (TPSA) is 52.0 Å². The van der Waals surface area contributed by atoms with Crippen LogP contribution < -0.4 is 11.5 Å². The predicted molar refractivity (Wildman–Crippen MR) is 57.1 cm³/mol. The summed E-state index contributed by atoms with van der Waals surface area (Å²) in [6, 6.07) is 0. The summed E-state index contributed by atoms with van der Waals surface area (Å²) in [5.41, 5.74) is 10.6. The highest BCUT2D eigenvalue weighted by Gasteiger charge is 2.09. The maximum Gasteiger partial charge on any atom is 0.0914 e. The van der Waals surface area contributed by atoms with Gasteiger partial charge >= 0.3 is 0 Å². The average molecular weight is 182 g/mol. The smallest absolute Gasteiger partial charge is 0.0914 e. The van der Waals surface area contributed by atoms with Gasteiger partial charge in [0.25, 0.3) is 0 Å². The quantitative estimate of drug-likeness (QED) is 0.317. The Hall–Kier alpha value is 0.815. The van der Waals surface area contributed by atoms with E-state index in [0.717, 1.165) is 0 Å². The SMILES string of the molecule is [B]C(N)CSSCC([B])([B])N. The fourth-order valence-electron chi connectivity index (χ4n) is 0.270. The monoisotopic (exact) mass is 182 g/mol. The molecular formula is C4H9B3N2S2. The van der Waals surface area contributed by atoms with Crippen LogP contribution in [0.5, 0.6) is 0 Å². The molecule has 0 aromatic heterocycles. The summed E-state index contributed by atoms with van der Waals surface area (Å²) >= 11 is 0. The molecule has 2 nitrogen and oxygen atoms in total. The number of hydrogen-bond donors (Lipinski definition) is 2. The van der Waals surface area contributed by atoms with E-state index in [0.29, 0.717) is 11.5 Å². The van der Waals surface area contributed by atoms with Gasteiger partial charge in [0.1, 0.15) is 0 Å². The Bertz CT molecular complexity index is 106. The van der Waals surface area contributed by atoms with Gasteiger partial charge in [-0.15, -0.1) is 0 Å². The first-order chi connectivity index (χ1) is 4.92.